The molecule has 0 aliphatic rings. The first-order valence-electron chi connectivity index (χ1n) is 5.42. The van der Waals surface area contributed by atoms with Gasteiger partial charge >= 0.3 is 0 Å². The highest BCUT2D eigenvalue weighted by Gasteiger charge is 2.14. The molecule has 0 bridgehead atoms. The number of amides is 1. The summed E-state index contributed by atoms with van der Waals surface area (Å²) in [4.78, 5) is 11.6. The smallest absolute Gasteiger partial charge is 0.238 e. The van der Waals surface area contributed by atoms with Crippen LogP contribution in [0.25, 0.3) is 0 Å². The fourth-order valence-corrected chi connectivity index (χ4v) is 2.31. The third kappa shape index (κ3) is 4.37. The van der Waals surface area contributed by atoms with Crippen LogP contribution in [0.5, 0.6) is 0 Å². The lowest BCUT2D eigenvalue weighted by Crippen LogP contribution is -2.28. The number of nitrogens with one attached hydrogen (secondary N) is 2. The molecule has 19 heavy (non-hydrogen) atoms. The van der Waals surface area contributed by atoms with E-state index in [9.17, 15) is 13.2 Å². The van der Waals surface area contributed by atoms with Crippen molar-refractivity contribution in [3.8, 4) is 12.3 Å². The lowest BCUT2D eigenvalue weighted by atomic mass is 10.2. The van der Waals surface area contributed by atoms with Gasteiger partial charge in [-0.15, -0.1) is 6.42 Å². The van der Waals surface area contributed by atoms with E-state index >= 15 is 0 Å². The van der Waals surface area contributed by atoms with Gasteiger partial charge in [-0.05, 0) is 24.6 Å². The van der Waals surface area contributed by atoms with Gasteiger partial charge in [-0.3, -0.25) is 10.1 Å². The number of benzene rings is 1. The predicted molar refractivity (Wildman–Crippen MR) is 72.9 cm³/mol. The highest BCUT2D eigenvalue weighted by atomic mass is 32.2. The van der Waals surface area contributed by atoms with Gasteiger partial charge in [0.2, 0.25) is 15.9 Å². The highest BCUT2D eigenvalue weighted by molar-refractivity contribution is 7.89. The summed E-state index contributed by atoms with van der Waals surface area (Å²) in [6.45, 7) is 1.90. The van der Waals surface area contributed by atoms with Gasteiger partial charge in [-0.1, -0.05) is 12.0 Å². The van der Waals surface area contributed by atoms with Crippen molar-refractivity contribution in [1.29, 1.82) is 0 Å². The lowest BCUT2D eigenvalue weighted by Gasteiger charge is -2.11. The van der Waals surface area contributed by atoms with E-state index in [4.69, 9.17) is 11.6 Å². The van der Waals surface area contributed by atoms with Crippen molar-refractivity contribution >= 4 is 21.6 Å². The predicted octanol–water partition coefficient (Wildman–Crippen LogP) is -0.196. The molecule has 0 atom stereocenters. The van der Waals surface area contributed by atoms with Crippen LogP contribution in [0.3, 0.4) is 0 Å². The Labute approximate surface area is 112 Å². The van der Waals surface area contributed by atoms with E-state index in [-0.39, 0.29) is 23.9 Å². The Morgan fingerprint density at radius 3 is 2.74 bits per heavy atom. The second-order valence-corrected chi connectivity index (χ2v) is 5.36. The topological polar surface area (TPSA) is 101 Å². The van der Waals surface area contributed by atoms with Crippen LogP contribution in [0, 0.1) is 19.3 Å². The van der Waals surface area contributed by atoms with Gasteiger partial charge in [0.25, 0.3) is 0 Å². The van der Waals surface area contributed by atoms with Gasteiger partial charge in [-0.25, -0.2) is 13.6 Å². The molecule has 102 valence electrons. The Bertz CT molecular complexity index is 618. The summed E-state index contributed by atoms with van der Waals surface area (Å²) in [5, 5.41) is 10.4. The molecule has 1 amide bonds. The quantitative estimate of drug-likeness (QED) is 0.514. The molecule has 6 nitrogen and oxygen atoms in total. The van der Waals surface area contributed by atoms with Crippen molar-refractivity contribution in [1.82, 2.24) is 5.32 Å². The maximum Gasteiger partial charge on any atom is 0.238 e. The summed E-state index contributed by atoms with van der Waals surface area (Å²) < 4.78 is 22.7. The zero-order chi connectivity index (χ0) is 14.5. The number of carbonyl (C=O) groups is 1. The Kier molecular flexibility index (Phi) is 5.06. The normalized spacial score (nSPS) is 10.8. The van der Waals surface area contributed by atoms with Gasteiger partial charge in [0.1, 0.15) is 0 Å². The van der Waals surface area contributed by atoms with Crippen LogP contribution >= 0.6 is 0 Å². The Morgan fingerprint density at radius 2 is 2.16 bits per heavy atom. The van der Waals surface area contributed by atoms with Crippen LogP contribution in [0.1, 0.15) is 5.56 Å². The summed E-state index contributed by atoms with van der Waals surface area (Å²) in [5.74, 6) is 2.03. The van der Waals surface area contributed by atoms with E-state index in [2.05, 4.69) is 16.6 Å². The Balaban J connectivity index is 2.86. The summed E-state index contributed by atoms with van der Waals surface area (Å²) in [6, 6.07) is 4.50. The average Bonchev–Trinajstić information content (AvgIpc) is 2.30. The molecule has 7 heteroatoms. The van der Waals surface area contributed by atoms with Gasteiger partial charge in [0.15, 0.2) is 0 Å². The third-order valence-corrected chi connectivity index (χ3v) is 3.43. The molecule has 0 aliphatic heterocycles. The zero-order valence-electron chi connectivity index (χ0n) is 10.4. The minimum atomic E-state index is -3.81. The van der Waals surface area contributed by atoms with E-state index in [0.717, 1.165) is 0 Å². The van der Waals surface area contributed by atoms with E-state index < -0.39 is 10.0 Å². The number of nitrogens with two attached hydrogens (primary N) is 1. The molecule has 0 radical (unpaired) electrons. The molecule has 1 rings (SSSR count). The minimum absolute atomic E-state index is 0.0121. The zero-order valence-corrected chi connectivity index (χ0v) is 11.3. The van der Waals surface area contributed by atoms with Crippen molar-refractivity contribution in [2.75, 3.05) is 18.4 Å². The van der Waals surface area contributed by atoms with E-state index in [1.54, 1.807) is 13.0 Å². The molecule has 0 heterocycles. The third-order valence-electron chi connectivity index (χ3n) is 2.38. The standard InChI is InChI=1S/C12H15N3O3S/c1-3-7-14-8-12(16)15-10-5-4-6-11(9(10)2)19(13,17)18/h1,4-6,14H,7-8H2,2H3,(H,15,16)(H2,13,17,18). The number of hydrogen-bond acceptors (Lipinski definition) is 4. The maximum atomic E-state index is 11.6. The molecule has 0 saturated carbocycles. The van der Waals surface area contributed by atoms with Crippen LogP contribution in [0.2, 0.25) is 0 Å². The molecule has 0 fully saturated rings. The first-order chi connectivity index (χ1) is 8.86. The molecule has 0 spiro atoms. The van der Waals surface area contributed by atoms with E-state index in [1.807, 2.05) is 0 Å². The van der Waals surface area contributed by atoms with Crippen LogP contribution in [-0.2, 0) is 14.8 Å². The molecule has 1 aromatic rings. The largest absolute Gasteiger partial charge is 0.325 e. The van der Waals surface area contributed by atoms with Crippen molar-refractivity contribution in [2.45, 2.75) is 11.8 Å². The lowest BCUT2D eigenvalue weighted by molar-refractivity contribution is -0.115. The summed E-state index contributed by atoms with van der Waals surface area (Å²) >= 11 is 0. The summed E-state index contributed by atoms with van der Waals surface area (Å²) in [5.41, 5.74) is 0.800. The molecule has 4 N–H and O–H groups in total. The molecular formula is C12H15N3O3S. The Hall–Kier alpha value is -1.88. The number of anilines is 1. The van der Waals surface area contributed by atoms with Gasteiger partial charge < -0.3 is 5.32 Å². The van der Waals surface area contributed by atoms with Crippen molar-refractivity contribution in [3.63, 3.8) is 0 Å². The molecule has 0 unspecified atom stereocenters. The SMILES string of the molecule is C#CCNCC(=O)Nc1cccc(S(N)(=O)=O)c1C. The number of hydrogen-bond donors (Lipinski definition) is 3. The first kappa shape index (κ1) is 15.2. The second-order valence-electron chi connectivity index (χ2n) is 3.83. The molecule has 0 aliphatic carbocycles. The van der Waals surface area contributed by atoms with Gasteiger partial charge in [0, 0.05) is 5.69 Å². The maximum absolute atomic E-state index is 11.6. The molecule has 0 saturated heterocycles. The van der Waals surface area contributed by atoms with Crippen LogP contribution in [-0.4, -0.2) is 27.4 Å². The fourth-order valence-electron chi connectivity index (χ4n) is 1.50. The number of carbonyl (C=O) groups excluding carboxylic acids is 1. The summed E-state index contributed by atoms with van der Waals surface area (Å²) in [6.07, 6.45) is 5.03. The molecular weight excluding hydrogens is 266 g/mol. The van der Waals surface area contributed by atoms with Crippen molar-refractivity contribution < 1.29 is 13.2 Å². The molecule has 0 aromatic heterocycles. The van der Waals surface area contributed by atoms with Crippen LogP contribution in [0.4, 0.5) is 5.69 Å². The number of sulfonamides is 1. The van der Waals surface area contributed by atoms with E-state index in [1.165, 1.54) is 12.1 Å². The average molecular weight is 281 g/mol. The number of terminal acetylenes is 1. The summed E-state index contributed by atoms with van der Waals surface area (Å²) in [7, 11) is -3.81. The fraction of sp³-hybridized carbons (Fsp3) is 0.250. The van der Waals surface area contributed by atoms with Crippen LogP contribution < -0.4 is 15.8 Å². The second kappa shape index (κ2) is 6.33. The first-order valence-corrected chi connectivity index (χ1v) is 6.97. The van der Waals surface area contributed by atoms with Gasteiger partial charge in [-0.2, -0.15) is 0 Å². The Morgan fingerprint density at radius 1 is 1.47 bits per heavy atom. The van der Waals surface area contributed by atoms with Crippen LogP contribution in [0.15, 0.2) is 23.1 Å². The van der Waals surface area contributed by atoms with Gasteiger partial charge in [0.05, 0.1) is 18.0 Å². The van der Waals surface area contributed by atoms with Crippen molar-refractivity contribution in [2.24, 2.45) is 5.14 Å². The van der Waals surface area contributed by atoms with E-state index in [0.29, 0.717) is 11.3 Å². The monoisotopic (exact) mass is 281 g/mol. The molecule has 1 aromatic carbocycles. The highest BCUT2D eigenvalue weighted by Crippen LogP contribution is 2.21. The number of primary sulfonamides is 1. The number of rotatable bonds is 5. The van der Waals surface area contributed by atoms with Crippen molar-refractivity contribution in [3.05, 3.63) is 23.8 Å². The minimum Gasteiger partial charge on any atom is -0.325 e.